The third kappa shape index (κ3) is 5.11. The molecule has 0 aliphatic carbocycles. The highest BCUT2D eigenvalue weighted by molar-refractivity contribution is 5.88. The minimum absolute atomic E-state index is 0.0219. The van der Waals surface area contributed by atoms with Gasteiger partial charge in [0.15, 0.2) is 5.69 Å². The molecule has 4 rings (SSSR count). The molecule has 4 aromatic heterocycles. The summed E-state index contributed by atoms with van der Waals surface area (Å²) >= 11 is 0. The Kier molecular flexibility index (Phi) is 6.22. The predicted molar refractivity (Wildman–Crippen MR) is 118 cm³/mol. The van der Waals surface area contributed by atoms with Crippen LogP contribution in [0.2, 0.25) is 0 Å². The molecule has 2 amide bonds. The minimum atomic E-state index is -4.64. The van der Waals surface area contributed by atoms with Gasteiger partial charge in [-0.25, -0.2) is 14.5 Å². The summed E-state index contributed by atoms with van der Waals surface area (Å²) in [7, 11) is 0. The molecule has 0 spiro atoms. The highest BCUT2D eigenvalue weighted by Crippen LogP contribution is 2.33. The number of nitrogens with one attached hydrogen (secondary N) is 1. The summed E-state index contributed by atoms with van der Waals surface area (Å²) in [6.45, 7) is 3.84. The van der Waals surface area contributed by atoms with E-state index in [-0.39, 0.29) is 29.2 Å². The van der Waals surface area contributed by atoms with Crippen LogP contribution in [-0.4, -0.2) is 36.0 Å². The Balaban J connectivity index is 1.78. The second-order valence-corrected chi connectivity index (χ2v) is 7.90. The molecular weight excluding hydrogens is 467 g/mol. The molecule has 0 fully saturated rings. The Bertz CT molecular complexity index is 1360. The zero-order chi connectivity index (χ0) is 25.3. The van der Waals surface area contributed by atoms with Gasteiger partial charge in [0.1, 0.15) is 5.82 Å². The van der Waals surface area contributed by atoms with Gasteiger partial charge in [-0.3, -0.25) is 10.3 Å². The van der Waals surface area contributed by atoms with E-state index in [1.165, 1.54) is 24.7 Å². The zero-order valence-electron chi connectivity index (χ0n) is 18.5. The summed E-state index contributed by atoms with van der Waals surface area (Å²) in [4.78, 5) is 19.6. The Morgan fingerprint density at radius 1 is 1.14 bits per heavy atom. The third-order valence-corrected chi connectivity index (χ3v) is 5.00. The number of nitrogens with two attached hydrogens (primary N) is 2. The molecule has 182 valence electrons. The van der Waals surface area contributed by atoms with E-state index < -0.39 is 23.9 Å². The summed E-state index contributed by atoms with van der Waals surface area (Å²) < 4.78 is 46.1. The summed E-state index contributed by atoms with van der Waals surface area (Å²) in [5.74, 6) is 0.532. The lowest BCUT2D eigenvalue weighted by atomic mass is 10.1. The first-order valence-electron chi connectivity index (χ1n) is 10.3. The highest BCUT2D eigenvalue weighted by atomic mass is 19.4. The predicted octanol–water partition coefficient (Wildman–Crippen LogP) is 3.54. The molecule has 4 aromatic rings. The van der Waals surface area contributed by atoms with Gasteiger partial charge < -0.3 is 15.9 Å². The lowest BCUT2D eigenvalue weighted by molar-refractivity contribution is -0.141. The Labute approximate surface area is 196 Å². The number of pyridine rings is 2. The molecule has 14 heteroatoms. The van der Waals surface area contributed by atoms with Crippen molar-refractivity contribution in [1.82, 2.24) is 29.9 Å². The van der Waals surface area contributed by atoms with E-state index in [1.807, 2.05) is 13.8 Å². The molecule has 0 aliphatic rings. The van der Waals surface area contributed by atoms with Gasteiger partial charge in [-0.2, -0.15) is 18.3 Å². The lowest BCUT2D eigenvalue weighted by Gasteiger charge is -2.12. The van der Waals surface area contributed by atoms with E-state index in [9.17, 15) is 18.0 Å². The van der Waals surface area contributed by atoms with Crippen LogP contribution in [0.25, 0.3) is 28.3 Å². The first kappa shape index (κ1) is 23.8. The molecule has 0 unspecified atom stereocenters. The summed E-state index contributed by atoms with van der Waals surface area (Å²) in [5, 5.41) is 13.9. The van der Waals surface area contributed by atoms with Gasteiger partial charge in [-0.15, -0.1) is 10.2 Å². The molecule has 0 bridgehead atoms. The fourth-order valence-electron chi connectivity index (χ4n) is 3.14. The fraction of sp³-hybridized carbons (Fsp3) is 0.238. The number of urea groups is 1. The standard InChI is InChI=1S/C21H20F3N9O2/c1-10(2)17(25)19-31-30-18(35-19)12-5-11(7-27-8-12)13-9-28-16(29-20(26)34)6-14(13)33-4-3-15(32-33)21(22,23)24/h3-10,17H,25H2,1-2H3,(H3,26,28,29,34)/t17-/m0/s1. The normalized spacial score (nSPS) is 12.7. The molecule has 11 nitrogen and oxygen atoms in total. The number of aromatic nitrogens is 6. The summed E-state index contributed by atoms with van der Waals surface area (Å²) in [6, 6.07) is 2.49. The van der Waals surface area contributed by atoms with Crippen molar-refractivity contribution in [3.8, 4) is 28.3 Å². The summed E-state index contributed by atoms with van der Waals surface area (Å²) in [6.07, 6.45) is 0.833. The van der Waals surface area contributed by atoms with Crippen LogP contribution in [0.1, 0.15) is 31.5 Å². The number of amides is 2. The van der Waals surface area contributed by atoms with Gasteiger partial charge in [0.25, 0.3) is 0 Å². The minimum Gasteiger partial charge on any atom is -0.419 e. The molecule has 0 aliphatic heterocycles. The maximum Gasteiger partial charge on any atom is 0.435 e. The first-order valence-corrected chi connectivity index (χ1v) is 10.3. The molecular formula is C21H20F3N9O2. The molecule has 4 heterocycles. The van der Waals surface area contributed by atoms with Crippen molar-refractivity contribution < 1.29 is 22.4 Å². The average Bonchev–Trinajstić information content (AvgIpc) is 3.48. The molecule has 1 atom stereocenters. The van der Waals surface area contributed by atoms with E-state index in [2.05, 4.69) is 30.6 Å². The van der Waals surface area contributed by atoms with E-state index >= 15 is 0 Å². The van der Waals surface area contributed by atoms with Crippen molar-refractivity contribution in [2.75, 3.05) is 5.32 Å². The molecule has 0 saturated heterocycles. The number of rotatable bonds is 6. The van der Waals surface area contributed by atoms with Gasteiger partial charge in [0, 0.05) is 42.0 Å². The molecule has 0 saturated carbocycles. The number of primary amides is 1. The maximum atomic E-state index is 13.1. The number of halogens is 3. The number of carbonyl (C=O) groups excluding carboxylic acids is 1. The molecule has 5 N–H and O–H groups in total. The van der Waals surface area contributed by atoms with Crippen LogP contribution in [-0.2, 0) is 6.18 Å². The van der Waals surface area contributed by atoms with Gasteiger partial charge in [-0.05, 0) is 18.1 Å². The average molecular weight is 487 g/mol. The number of nitrogens with zero attached hydrogens (tertiary/aromatic N) is 6. The Hall–Kier alpha value is -4.33. The van der Waals surface area contributed by atoms with Crippen LogP contribution < -0.4 is 16.8 Å². The van der Waals surface area contributed by atoms with Crippen molar-refractivity contribution >= 4 is 11.8 Å². The number of alkyl halides is 3. The second-order valence-electron chi connectivity index (χ2n) is 7.90. The van der Waals surface area contributed by atoms with Crippen LogP contribution in [0, 0.1) is 5.92 Å². The SMILES string of the molecule is CC(C)[C@H](N)c1nnc(-c2cncc(-c3cnc(NC(N)=O)cc3-n3ccc(C(F)(F)F)n3)c2)o1. The number of hydrogen-bond donors (Lipinski definition) is 3. The van der Waals surface area contributed by atoms with Gasteiger partial charge >= 0.3 is 12.2 Å². The van der Waals surface area contributed by atoms with Crippen molar-refractivity contribution in [1.29, 1.82) is 0 Å². The topological polar surface area (TPSA) is 164 Å². The smallest absolute Gasteiger partial charge is 0.419 e. The Morgan fingerprint density at radius 3 is 2.54 bits per heavy atom. The van der Waals surface area contributed by atoms with Crippen molar-refractivity contribution in [3.05, 3.63) is 54.6 Å². The van der Waals surface area contributed by atoms with Crippen LogP contribution in [0.15, 0.2) is 47.4 Å². The van der Waals surface area contributed by atoms with E-state index in [0.717, 1.165) is 16.9 Å². The molecule has 0 radical (unpaired) electrons. The molecule has 0 aromatic carbocycles. The highest BCUT2D eigenvalue weighted by Gasteiger charge is 2.34. The maximum absolute atomic E-state index is 13.1. The van der Waals surface area contributed by atoms with Gasteiger partial charge in [-0.1, -0.05) is 13.8 Å². The number of carbonyl (C=O) groups is 1. The van der Waals surface area contributed by atoms with Crippen molar-refractivity contribution in [2.45, 2.75) is 26.1 Å². The van der Waals surface area contributed by atoms with Crippen LogP contribution in [0.4, 0.5) is 23.8 Å². The molecule has 35 heavy (non-hydrogen) atoms. The first-order chi connectivity index (χ1) is 16.5. The fourth-order valence-corrected chi connectivity index (χ4v) is 3.14. The van der Waals surface area contributed by atoms with Crippen LogP contribution in [0.3, 0.4) is 0 Å². The van der Waals surface area contributed by atoms with Crippen molar-refractivity contribution in [2.24, 2.45) is 17.4 Å². The quantitative estimate of drug-likeness (QED) is 0.372. The van der Waals surface area contributed by atoms with E-state index in [4.69, 9.17) is 15.9 Å². The number of anilines is 1. The largest absolute Gasteiger partial charge is 0.435 e. The van der Waals surface area contributed by atoms with Gasteiger partial charge in [0.05, 0.1) is 17.3 Å². The lowest BCUT2D eigenvalue weighted by Crippen LogP contribution is -2.20. The summed E-state index contributed by atoms with van der Waals surface area (Å²) in [5.41, 5.74) is 11.6. The van der Waals surface area contributed by atoms with E-state index in [0.29, 0.717) is 16.7 Å². The van der Waals surface area contributed by atoms with Crippen LogP contribution in [0.5, 0.6) is 0 Å². The third-order valence-electron chi connectivity index (χ3n) is 5.00. The Morgan fingerprint density at radius 2 is 1.89 bits per heavy atom. The van der Waals surface area contributed by atoms with Gasteiger partial charge in [0.2, 0.25) is 11.8 Å². The number of hydrogen-bond acceptors (Lipinski definition) is 8. The monoisotopic (exact) mass is 487 g/mol. The van der Waals surface area contributed by atoms with E-state index in [1.54, 1.807) is 6.07 Å². The second kappa shape index (κ2) is 9.13. The zero-order valence-corrected chi connectivity index (χ0v) is 18.5. The van der Waals surface area contributed by atoms with Crippen molar-refractivity contribution in [3.63, 3.8) is 0 Å². The van der Waals surface area contributed by atoms with Crippen LogP contribution >= 0.6 is 0 Å².